The number of hydrogen-bond donors (Lipinski definition) is 2. The van der Waals surface area contributed by atoms with Crippen LogP contribution < -0.4 is 10.6 Å². The van der Waals surface area contributed by atoms with Gasteiger partial charge >= 0.3 is 0 Å². The lowest BCUT2D eigenvalue weighted by molar-refractivity contribution is -0.116. The molecule has 1 heterocycles. The number of sulfonamides is 1. The van der Waals surface area contributed by atoms with E-state index in [0.717, 1.165) is 15.6 Å². The SMILES string of the molecule is CC(C)NC(=O)c1ccc(Cl)cc1NC(=O)CN(C)S(=O)(=O)c1ccc(Cl)s1. The van der Waals surface area contributed by atoms with Crippen LogP contribution in [0.3, 0.4) is 0 Å². The van der Waals surface area contributed by atoms with Crippen molar-refractivity contribution < 1.29 is 18.0 Å². The first-order valence-corrected chi connectivity index (χ1v) is 11.1. The molecule has 1 aromatic carbocycles. The van der Waals surface area contributed by atoms with Gasteiger partial charge in [0.25, 0.3) is 15.9 Å². The van der Waals surface area contributed by atoms with E-state index in [2.05, 4.69) is 10.6 Å². The molecule has 1 aromatic heterocycles. The molecule has 0 unspecified atom stereocenters. The van der Waals surface area contributed by atoms with Crippen molar-refractivity contribution in [2.75, 3.05) is 18.9 Å². The van der Waals surface area contributed by atoms with Gasteiger partial charge in [0.15, 0.2) is 0 Å². The van der Waals surface area contributed by atoms with Gasteiger partial charge in [-0.2, -0.15) is 4.31 Å². The van der Waals surface area contributed by atoms with Gasteiger partial charge in [0.1, 0.15) is 4.21 Å². The van der Waals surface area contributed by atoms with Crippen LogP contribution in [0.1, 0.15) is 24.2 Å². The number of likely N-dealkylation sites (N-methyl/N-ethyl adjacent to an activating group) is 1. The van der Waals surface area contributed by atoms with E-state index >= 15 is 0 Å². The number of carbonyl (C=O) groups excluding carboxylic acids is 2. The first kappa shape index (κ1) is 22.6. The minimum absolute atomic E-state index is 0.0348. The first-order chi connectivity index (χ1) is 13.0. The second kappa shape index (κ2) is 9.23. The van der Waals surface area contributed by atoms with Gasteiger partial charge in [0.2, 0.25) is 5.91 Å². The summed E-state index contributed by atoms with van der Waals surface area (Å²) in [6.45, 7) is 3.17. The van der Waals surface area contributed by atoms with Crippen LogP contribution >= 0.6 is 34.5 Å². The molecule has 2 rings (SSSR count). The number of anilines is 1. The van der Waals surface area contributed by atoms with E-state index in [1.807, 2.05) is 13.8 Å². The summed E-state index contributed by atoms with van der Waals surface area (Å²) in [6.07, 6.45) is 0. The zero-order valence-corrected chi connectivity index (χ0v) is 18.5. The molecular formula is C17H19Cl2N3O4S2. The maximum absolute atomic E-state index is 12.5. The van der Waals surface area contributed by atoms with E-state index < -0.39 is 22.5 Å². The Morgan fingerprint density at radius 3 is 2.43 bits per heavy atom. The van der Waals surface area contributed by atoms with Crippen molar-refractivity contribution in [3.63, 3.8) is 0 Å². The fourth-order valence-corrected chi connectivity index (χ4v) is 5.22. The van der Waals surface area contributed by atoms with E-state index in [0.29, 0.717) is 9.36 Å². The number of rotatable bonds is 7. The predicted octanol–water partition coefficient (Wildman–Crippen LogP) is 3.45. The number of halogens is 2. The molecule has 0 bridgehead atoms. The van der Waals surface area contributed by atoms with Crippen molar-refractivity contribution >= 4 is 62.1 Å². The Hall–Kier alpha value is -1.65. The Bertz CT molecular complexity index is 990. The summed E-state index contributed by atoms with van der Waals surface area (Å²) in [5.41, 5.74) is 0.419. The summed E-state index contributed by atoms with van der Waals surface area (Å²) in [5.74, 6) is -0.995. The average Bonchev–Trinajstić information content (AvgIpc) is 3.01. The van der Waals surface area contributed by atoms with Crippen LogP contribution in [-0.4, -0.2) is 44.2 Å². The molecule has 0 aliphatic carbocycles. The fraction of sp³-hybridized carbons (Fsp3) is 0.294. The minimum atomic E-state index is -3.85. The number of amides is 2. The Morgan fingerprint density at radius 1 is 1.18 bits per heavy atom. The molecule has 0 aliphatic heterocycles. The van der Waals surface area contributed by atoms with E-state index in [4.69, 9.17) is 23.2 Å². The zero-order chi connectivity index (χ0) is 21.1. The molecule has 0 saturated carbocycles. The number of carbonyl (C=O) groups is 2. The second-order valence-electron chi connectivity index (χ2n) is 6.19. The van der Waals surface area contributed by atoms with Crippen molar-refractivity contribution in [3.8, 4) is 0 Å². The molecule has 2 N–H and O–H groups in total. The Morgan fingerprint density at radius 2 is 1.86 bits per heavy atom. The second-order valence-corrected chi connectivity index (χ2v) is 10.6. The third-order valence-corrected chi connectivity index (χ3v) is 7.24. The van der Waals surface area contributed by atoms with Gasteiger partial charge in [-0.15, -0.1) is 11.3 Å². The molecule has 7 nitrogen and oxygen atoms in total. The van der Waals surface area contributed by atoms with Crippen LogP contribution in [0, 0.1) is 0 Å². The molecule has 0 aliphatic rings. The van der Waals surface area contributed by atoms with Crippen LogP contribution in [0.2, 0.25) is 9.36 Å². The van der Waals surface area contributed by atoms with Gasteiger partial charge in [-0.3, -0.25) is 9.59 Å². The van der Waals surface area contributed by atoms with E-state index in [1.54, 1.807) is 0 Å². The topological polar surface area (TPSA) is 95.6 Å². The summed E-state index contributed by atoms with van der Waals surface area (Å²) in [6, 6.07) is 7.21. The highest BCUT2D eigenvalue weighted by Crippen LogP contribution is 2.27. The number of nitrogens with zero attached hydrogens (tertiary/aromatic N) is 1. The smallest absolute Gasteiger partial charge is 0.253 e. The molecule has 0 saturated heterocycles. The first-order valence-electron chi connectivity index (χ1n) is 8.12. The van der Waals surface area contributed by atoms with Crippen LogP contribution in [-0.2, 0) is 14.8 Å². The summed E-state index contributed by atoms with van der Waals surface area (Å²) < 4.78 is 26.3. The lowest BCUT2D eigenvalue weighted by Crippen LogP contribution is -2.35. The number of thiophene rings is 1. The highest BCUT2D eigenvalue weighted by atomic mass is 35.5. The summed E-state index contributed by atoms with van der Waals surface area (Å²) in [4.78, 5) is 24.7. The highest BCUT2D eigenvalue weighted by Gasteiger charge is 2.25. The van der Waals surface area contributed by atoms with Gasteiger partial charge in [-0.1, -0.05) is 23.2 Å². The van der Waals surface area contributed by atoms with E-state index in [1.165, 1.54) is 37.4 Å². The van der Waals surface area contributed by atoms with Gasteiger partial charge in [-0.05, 0) is 44.2 Å². The minimum Gasteiger partial charge on any atom is -0.350 e. The van der Waals surface area contributed by atoms with E-state index in [-0.39, 0.29) is 27.4 Å². The standard InChI is InChI=1S/C17H19Cl2N3O4S2/c1-10(2)20-17(24)12-5-4-11(18)8-13(12)21-15(23)9-22(3)28(25,26)16-7-6-14(19)27-16/h4-8,10H,9H2,1-3H3,(H,20,24)(H,21,23). The van der Waals surface area contributed by atoms with Crippen molar-refractivity contribution in [2.24, 2.45) is 0 Å². The molecule has 0 radical (unpaired) electrons. The maximum atomic E-state index is 12.5. The highest BCUT2D eigenvalue weighted by molar-refractivity contribution is 7.91. The quantitative estimate of drug-likeness (QED) is 0.656. The summed E-state index contributed by atoms with van der Waals surface area (Å²) >= 11 is 12.7. The lowest BCUT2D eigenvalue weighted by atomic mass is 10.1. The molecular weight excluding hydrogens is 445 g/mol. The molecule has 2 amide bonds. The number of nitrogens with one attached hydrogen (secondary N) is 2. The number of hydrogen-bond acceptors (Lipinski definition) is 5. The van der Waals surface area contributed by atoms with Gasteiger partial charge in [0, 0.05) is 18.1 Å². The van der Waals surface area contributed by atoms with Gasteiger partial charge < -0.3 is 10.6 Å². The van der Waals surface area contributed by atoms with Crippen molar-refractivity contribution in [1.29, 1.82) is 0 Å². The molecule has 11 heteroatoms. The molecule has 0 spiro atoms. The van der Waals surface area contributed by atoms with Crippen molar-refractivity contribution in [3.05, 3.63) is 45.3 Å². The largest absolute Gasteiger partial charge is 0.350 e. The van der Waals surface area contributed by atoms with Gasteiger partial charge in [0.05, 0.1) is 22.1 Å². The Kier molecular flexibility index (Phi) is 7.46. The lowest BCUT2D eigenvalue weighted by Gasteiger charge is -2.17. The maximum Gasteiger partial charge on any atom is 0.253 e. The molecule has 28 heavy (non-hydrogen) atoms. The fourth-order valence-electron chi connectivity index (χ4n) is 2.22. The third-order valence-electron chi connectivity index (χ3n) is 3.50. The van der Waals surface area contributed by atoms with Crippen molar-refractivity contribution in [2.45, 2.75) is 24.1 Å². The zero-order valence-electron chi connectivity index (χ0n) is 15.3. The molecule has 152 valence electrons. The Labute approximate surface area is 177 Å². The van der Waals surface area contributed by atoms with Crippen LogP contribution in [0.5, 0.6) is 0 Å². The molecule has 0 atom stereocenters. The normalized spacial score (nSPS) is 11.7. The van der Waals surface area contributed by atoms with Gasteiger partial charge in [-0.25, -0.2) is 8.42 Å². The monoisotopic (exact) mass is 463 g/mol. The molecule has 2 aromatic rings. The van der Waals surface area contributed by atoms with E-state index in [9.17, 15) is 18.0 Å². The number of benzene rings is 1. The van der Waals surface area contributed by atoms with Crippen LogP contribution in [0.15, 0.2) is 34.5 Å². The predicted molar refractivity (Wildman–Crippen MR) is 112 cm³/mol. The Balaban J connectivity index is 2.16. The third kappa shape index (κ3) is 5.68. The van der Waals surface area contributed by atoms with Crippen LogP contribution in [0.25, 0.3) is 0 Å². The van der Waals surface area contributed by atoms with Crippen LogP contribution in [0.4, 0.5) is 5.69 Å². The summed E-state index contributed by atoms with van der Waals surface area (Å²) in [7, 11) is -2.57. The van der Waals surface area contributed by atoms with Crippen molar-refractivity contribution in [1.82, 2.24) is 9.62 Å². The summed E-state index contributed by atoms with van der Waals surface area (Å²) in [5, 5.41) is 5.61. The average molecular weight is 464 g/mol. The molecule has 0 fully saturated rings.